The first-order valence-electron chi connectivity index (χ1n) is 9.15. The summed E-state index contributed by atoms with van der Waals surface area (Å²) in [6.45, 7) is 12.4. The van der Waals surface area contributed by atoms with E-state index in [1.54, 1.807) is 7.05 Å². The second-order valence-electron chi connectivity index (χ2n) is 7.86. The minimum Gasteiger partial charge on any atom is -0.370 e. The Morgan fingerprint density at radius 1 is 1.35 bits per heavy atom. The Balaban J connectivity index is 1.99. The van der Waals surface area contributed by atoms with E-state index in [9.17, 15) is 4.79 Å². The van der Waals surface area contributed by atoms with E-state index < -0.39 is 0 Å². The molecule has 1 aliphatic rings. The first kappa shape index (κ1) is 20.2. The summed E-state index contributed by atoms with van der Waals surface area (Å²) in [7, 11) is 1.74. The van der Waals surface area contributed by atoms with E-state index >= 15 is 0 Å². The quantitative estimate of drug-likeness (QED) is 0.640. The van der Waals surface area contributed by atoms with Crippen LogP contribution in [0.25, 0.3) is 0 Å². The smallest absolute Gasteiger partial charge is 0.239 e. The Morgan fingerprint density at radius 3 is 2.69 bits per heavy atom. The van der Waals surface area contributed by atoms with Crippen molar-refractivity contribution in [3.63, 3.8) is 0 Å². The zero-order valence-corrected chi connectivity index (χ0v) is 16.8. The van der Waals surface area contributed by atoms with E-state index in [0.29, 0.717) is 13.2 Å². The standard InChI is InChI=1S/C20H32N4O2/c1-14-7-8-16(15(2)11-14)17-13-24(9-10-26-17)19(21-6)22-12-18(25)23-20(3,4)5/h7-8,11,17H,9-10,12-13H2,1-6H3,(H,21,22)(H,23,25). The maximum Gasteiger partial charge on any atom is 0.239 e. The number of benzene rings is 1. The highest BCUT2D eigenvalue weighted by atomic mass is 16.5. The Kier molecular flexibility index (Phi) is 6.64. The number of amides is 1. The van der Waals surface area contributed by atoms with Crippen LogP contribution in [0.5, 0.6) is 0 Å². The maximum absolute atomic E-state index is 12.1. The summed E-state index contributed by atoms with van der Waals surface area (Å²) in [5.41, 5.74) is 3.46. The van der Waals surface area contributed by atoms with Gasteiger partial charge in [-0.15, -0.1) is 0 Å². The van der Waals surface area contributed by atoms with E-state index in [4.69, 9.17) is 4.74 Å². The van der Waals surface area contributed by atoms with Crippen molar-refractivity contribution in [2.24, 2.45) is 4.99 Å². The monoisotopic (exact) mass is 360 g/mol. The molecule has 144 valence electrons. The lowest BCUT2D eigenvalue weighted by atomic mass is 10.00. The van der Waals surface area contributed by atoms with Crippen molar-refractivity contribution in [3.05, 3.63) is 34.9 Å². The van der Waals surface area contributed by atoms with Gasteiger partial charge in [0.1, 0.15) is 6.10 Å². The number of guanidine groups is 1. The van der Waals surface area contributed by atoms with Gasteiger partial charge in [0.05, 0.1) is 19.7 Å². The molecule has 1 aromatic carbocycles. The summed E-state index contributed by atoms with van der Waals surface area (Å²) >= 11 is 0. The molecule has 1 aliphatic heterocycles. The molecule has 6 nitrogen and oxygen atoms in total. The summed E-state index contributed by atoms with van der Waals surface area (Å²) in [4.78, 5) is 18.5. The van der Waals surface area contributed by atoms with Crippen LogP contribution in [0, 0.1) is 13.8 Å². The number of hydrogen-bond acceptors (Lipinski definition) is 3. The number of hydrogen-bond donors (Lipinski definition) is 2. The number of nitrogens with zero attached hydrogens (tertiary/aromatic N) is 2. The van der Waals surface area contributed by atoms with Crippen LogP contribution in [0.15, 0.2) is 23.2 Å². The van der Waals surface area contributed by atoms with Gasteiger partial charge in [-0.25, -0.2) is 0 Å². The lowest BCUT2D eigenvalue weighted by molar-refractivity contribution is -0.121. The molecule has 1 heterocycles. The van der Waals surface area contributed by atoms with Gasteiger partial charge in [0.25, 0.3) is 0 Å². The molecule has 0 radical (unpaired) electrons. The lowest BCUT2D eigenvalue weighted by Crippen LogP contribution is -2.52. The van der Waals surface area contributed by atoms with Crippen molar-refractivity contribution in [1.82, 2.24) is 15.5 Å². The second-order valence-corrected chi connectivity index (χ2v) is 7.86. The minimum atomic E-state index is -0.241. The molecule has 0 aromatic heterocycles. The summed E-state index contributed by atoms with van der Waals surface area (Å²) < 4.78 is 6.00. The van der Waals surface area contributed by atoms with Crippen molar-refractivity contribution < 1.29 is 9.53 Å². The van der Waals surface area contributed by atoms with Gasteiger partial charge in [-0.1, -0.05) is 23.8 Å². The first-order chi connectivity index (χ1) is 12.2. The van der Waals surface area contributed by atoms with Crippen LogP contribution in [0.3, 0.4) is 0 Å². The van der Waals surface area contributed by atoms with Crippen molar-refractivity contribution in [1.29, 1.82) is 0 Å². The zero-order chi connectivity index (χ0) is 19.3. The van der Waals surface area contributed by atoms with E-state index in [-0.39, 0.29) is 24.1 Å². The molecule has 2 N–H and O–H groups in total. The van der Waals surface area contributed by atoms with Gasteiger partial charge in [-0.05, 0) is 45.7 Å². The Morgan fingerprint density at radius 2 is 2.08 bits per heavy atom. The fraction of sp³-hybridized carbons (Fsp3) is 0.600. The highest BCUT2D eigenvalue weighted by Crippen LogP contribution is 2.25. The zero-order valence-electron chi connectivity index (χ0n) is 16.8. The topological polar surface area (TPSA) is 66.0 Å². The molecule has 1 fully saturated rings. The van der Waals surface area contributed by atoms with Gasteiger partial charge in [0.15, 0.2) is 5.96 Å². The van der Waals surface area contributed by atoms with Crippen LogP contribution in [-0.4, -0.2) is 55.6 Å². The van der Waals surface area contributed by atoms with Crippen LogP contribution >= 0.6 is 0 Å². The molecular formula is C20H32N4O2. The van der Waals surface area contributed by atoms with Crippen molar-refractivity contribution >= 4 is 11.9 Å². The summed E-state index contributed by atoms with van der Waals surface area (Å²) in [5, 5.41) is 6.11. The fourth-order valence-corrected chi connectivity index (χ4v) is 3.17. The third kappa shape index (κ3) is 5.73. The van der Waals surface area contributed by atoms with Crippen molar-refractivity contribution in [2.75, 3.05) is 33.3 Å². The highest BCUT2D eigenvalue weighted by Gasteiger charge is 2.25. The van der Waals surface area contributed by atoms with Crippen molar-refractivity contribution in [3.8, 4) is 0 Å². The number of aryl methyl sites for hydroxylation is 2. The number of carbonyl (C=O) groups is 1. The molecule has 1 saturated heterocycles. The van der Waals surface area contributed by atoms with Gasteiger partial charge in [0, 0.05) is 19.1 Å². The van der Waals surface area contributed by atoms with Gasteiger partial charge >= 0.3 is 0 Å². The number of ether oxygens (including phenoxy) is 1. The fourth-order valence-electron chi connectivity index (χ4n) is 3.17. The molecule has 1 amide bonds. The first-order valence-corrected chi connectivity index (χ1v) is 9.15. The predicted molar refractivity (Wildman–Crippen MR) is 105 cm³/mol. The van der Waals surface area contributed by atoms with Crippen molar-refractivity contribution in [2.45, 2.75) is 46.3 Å². The van der Waals surface area contributed by atoms with Gasteiger partial charge in [0.2, 0.25) is 5.91 Å². The van der Waals surface area contributed by atoms with Crippen LogP contribution < -0.4 is 10.6 Å². The average Bonchev–Trinajstić information content (AvgIpc) is 2.54. The molecule has 6 heteroatoms. The minimum absolute atomic E-state index is 0.00583. The van der Waals surface area contributed by atoms with E-state index in [1.807, 2.05) is 20.8 Å². The number of morpholine rings is 1. The second kappa shape index (κ2) is 8.54. The lowest BCUT2D eigenvalue weighted by Gasteiger charge is -2.36. The van der Waals surface area contributed by atoms with Gasteiger partial charge in [-0.3, -0.25) is 9.79 Å². The van der Waals surface area contributed by atoms with Crippen LogP contribution in [0.1, 0.15) is 43.6 Å². The van der Waals surface area contributed by atoms with Crippen LogP contribution in [-0.2, 0) is 9.53 Å². The molecule has 2 rings (SSSR count). The van der Waals surface area contributed by atoms with Gasteiger partial charge in [-0.2, -0.15) is 0 Å². The van der Waals surface area contributed by atoms with Crippen LogP contribution in [0.2, 0.25) is 0 Å². The summed E-state index contributed by atoms with van der Waals surface area (Å²) in [6, 6.07) is 6.45. The molecule has 26 heavy (non-hydrogen) atoms. The SMILES string of the molecule is CN=C(NCC(=O)NC(C)(C)C)N1CCOC(c2ccc(C)cc2C)C1. The molecule has 1 atom stereocenters. The van der Waals surface area contributed by atoms with E-state index in [1.165, 1.54) is 16.7 Å². The average molecular weight is 361 g/mol. The Hall–Kier alpha value is -2.08. The maximum atomic E-state index is 12.1. The summed E-state index contributed by atoms with van der Waals surface area (Å²) in [5.74, 6) is 0.685. The number of carbonyl (C=O) groups excluding carboxylic acids is 1. The molecule has 1 aromatic rings. The van der Waals surface area contributed by atoms with E-state index in [2.05, 4.69) is 52.6 Å². The molecule has 1 unspecified atom stereocenters. The largest absolute Gasteiger partial charge is 0.370 e. The Labute approximate surface area is 157 Å². The number of nitrogens with one attached hydrogen (secondary N) is 2. The normalized spacial score (nSPS) is 18.6. The Bertz CT molecular complexity index is 664. The third-order valence-electron chi connectivity index (χ3n) is 4.27. The highest BCUT2D eigenvalue weighted by molar-refractivity contribution is 5.86. The molecule has 0 spiro atoms. The number of rotatable bonds is 3. The molecular weight excluding hydrogens is 328 g/mol. The number of aliphatic imine (C=N–C) groups is 1. The van der Waals surface area contributed by atoms with E-state index in [0.717, 1.165) is 12.5 Å². The summed E-state index contributed by atoms with van der Waals surface area (Å²) in [6.07, 6.45) is 0.00583. The third-order valence-corrected chi connectivity index (χ3v) is 4.27. The molecule has 0 aliphatic carbocycles. The molecule has 0 bridgehead atoms. The molecule has 0 saturated carbocycles. The predicted octanol–water partition coefficient (Wildman–Crippen LogP) is 2.17. The van der Waals surface area contributed by atoms with Gasteiger partial charge < -0.3 is 20.3 Å². The van der Waals surface area contributed by atoms with Crippen LogP contribution in [0.4, 0.5) is 0 Å².